The molecule has 0 saturated heterocycles. The van der Waals surface area contributed by atoms with Crippen LogP contribution >= 0.6 is 0 Å². The summed E-state index contributed by atoms with van der Waals surface area (Å²) in [6.45, 7) is 0.639. The summed E-state index contributed by atoms with van der Waals surface area (Å²) in [7, 11) is 1.65. The van der Waals surface area contributed by atoms with Crippen LogP contribution in [0.2, 0.25) is 0 Å². The molecule has 0 aliphatic heterocycles. The molecule has 2 heterocycles. The van der Waals surface area contributed by atoms with Gasteiger partial charge in [-0.1, -0.05) is 12.1 Å². The van der Waals surface area contributed by atoms with Crippen LogP contribution in [0.5, 0.6) is 5.75 Å². The Morgan fingerprint density at radius 1 is 1.10 bits per heavy atom. The van der Waals surface area contributed by atoms with E-state index < -0.39 is 0 Å². The standard InChI is InChI=1S/C16H15N3O2/c1-20-14-4-2-12(3-5-14)10-18-16-19-11-15(21-16)13-6-8-17-9-7-13/h2-9,11H,10H2,1H3,(H,18,19). The first-order valence-electron chi connectivity index (χ1n) is 6.58. The van der Waals surface area contributed by atoms with Gasteiger partial charge in [0.15, 0.2) is 5.76 Å². The monoisotopic (exact) mass is 281 g/mol. The summed E-state index contributed by atoms with van der Waals surface area (Å²) >= 11 is 0. The van der Waals surface area contributed by atoms with Crippen LogP contribution in [-0.4, -0.2) is 17.1 Å². The maximum atomic E-state index is 5.66. The Kier molecular flexibility index (Phi) is 3.82. The number of anilines is 1. The smallest absolute Gasteiger partial charge is 0.295 e. The Hall–Kier alpha value is -2.82. The molecule has 0 unspecified atom stereocenters. The molecule has 3 rings (SSSR count). The molecule has 0 aliphatic rings. The van der Waals surface area contributed by atoms with Gasteiger partial charge in [0.05, 0.1) is 13.3 Å². The molecule has 5 nitrogen and oxygen atoms in total. The van der Waals surface area contributed by atoms with Gasteiger partial charge in [-0.25, -0.2) is 4.98 Å². The van der Waals surface area contributed by atoms with Crippen LogP contribution in [0.25, 0.3) is 11.3 Å². The number of oxazole rings is 1. The second kappa shape index (κ2) is 6.09. The Balaban J connectivity index is 1.64. The fraction of sp³-hybridized carbons (Fsp3) is 0.125. The number of hydrogen-bond acceptors (Lipinski definition) is 5. The molecular weight excluding hydrogens is 266 g/mol. The predicted octanol–water partition coefficient (Wildman–Crippen LogP) is 3.36. The van der Waals surface area contributed by atoms with Crippen molar-refractivity contribution in [2.75, 3.05) is 12.4 Å². The van der Waals surface area contributed by atoms with Crippen molar-refractivity contribution in [1.82, 2.24) is 9.97 Å². The van der Waals surface area contributed by atoms with E-state index in [0.717, 1.165) is 22.6 Å². The van der Waals surface area contributed by atoms with Gasteiger partial charge in [-0.2, -0.15) is 0 Å². The van der Waals surface area contributed by atoms with Crippen molar-refractivity contribution in [3.8, 4) is 17.1 Å². The maximum Gasteiger partial charge on any atom is 0.295 e. The third-order valence-corrected chi connectivity index (χ3v) is 3.07. The van der Waals surface area contributed by atoms with Crippen LogP contribution in [0.1, 0.15) is 5.56 Å². The molecule has 3 aromatic rings. The third kappa shape index (κ3) is 3.20. The summed E-state index contributed by atoms with van der Waals surface area (Å²) in [5.41, 5.74) is 2.08. The molecule has 0 fully saturated rings. The molecule has 106 valence electrons. The number of pyridine rings is 1. The van der Waals surface area contributed by atoms with Crippen molar-refractivity contribution < 1.29 is 9.15 Å². The van der Waals surface area contributed by atoms with E-state index in [2.05, 4.69) is 15.3 Å². The highest BCUT2D eigenvalue weighted by Crippen LogP contribution is 2.22. The van der Waals surface area contributed by atoms with Crippen molar-refractivity contribution in [2.24, 2.45) is 0 Å². The summed E-state index contributed by atoms with van der Waals surface area (Å²) in [5, 5.41) is 3.15. The lowest BCUT2D eigenvalue weighted by Gasteiger charge is -2.04. The van der Waals surface area contributed by atoms with Gasteiger partial charge in [0.1, 0.15) is 5.75 Å². The first-order chi connectivity index (χ1) is 10.3. The highest BCUT2D eigenvalue weighted by atomic mass is 16.5. The van der Waals surface area contributed by atoms with E-state index in [1.807, 2.05) is 36.4 Å². The number of nitrogens with one attached hydrogen (secondary N) is 1. The zero-order valence-corrected chi connectivity index (χ0v) is 11.6. The summed E-state index contributed by atoms with van der Waals surface area (Å²) in [6.07, 6.45) is 5.15. The fourth-order valence-corrected chi connectivity index (χ4v) is 1.93. The van der Waals surface area contributed by atoms with Gasteiger partial charge < -0.3 is 14.5 Å². The molecule has 5 heteroatoms. The maximum absolute atomic E-state index is 5.66. The van der Waals surface area contributed by atoms with Gasteiger partial charge >= 0.3 is 0 Å². The van der Waals surface area contributed by atoms with E-state index in [-0.39, 0.29) is 0 Å². The number of nitrogens with zero attached hydrogens (tertiary/aromatic N) is 2. The van der Waals surface area contributed by atoms with Crippen molar-refractivity contribution >= 4 is 6.01 Å². The van der Waals surface area contributed by atoms with Gasteiger partial charge in [-0.05, 0) is 29.8 Å². The molecule has 0 aliphatic carbocycles. The lowest BCUT2D eigenvalue weighted by molar-refractivity contribution is 0.414. The van der Waals surface area contributed by atoms with E-state index in [9.17, 15) is 0 Å². The minimum absolute atomic E-state index is 0.498. The fourth-order valence-electron chi connectivity index (χ4n) is 1.93. The Labute approximate surface area is 122 Å². The normalized spacial score (nSPS) is 10.3. The van der Waals surface area contributed by atoms with Gasteiger partial charge in [-0.3, -0.25) is 4.98 Å². The number of benzene rings is 1. The molecule has 0 amide bonds. The molecule has 0 atom stereocenters. The molecular formula is C16H15N3O2. The summed E-state index contributed by atoms with van der Waals surface area (Å²) in [6, 6.07) is 12.1. The van der Waals surface area contributed by atoms with Crippen LogP contribution in [0.15, 0.2) is 59.4 Å². The van der Waals surface area contributed by atoms with E-state index in [4.69, 9.17) is 9.15 Å². The van der Waals surface area contributed by atoms with Crippen LogP contribution in [-0.2, 0) is 6.54 Å². The second-order valence-electron chi connectivity index (χ2n) is 4.47. The number of ether oxygens (including phenoxy) is 1. The summed E-state index contributed by atoms with van der Waals surface area (Å²) < 4.78 is 10.8. The molecule has 1 aromatic carbocycles. The van der Waals surface area contributed by atoms with E-state index >= 15 is 0 Å². The molecule has 1 N–H and O–H groups in total. The number of aromatic nitrogens is 2. The zero-order valence-electron chi connectivity index (χ0n) is 11.6. The SMILES string of the molecule is COc1ccc(CNc2ncc(-c3ccncc3)o2)cc1. The van der Waals surface area contributed by atoms with Crippen molar-refractivity contribution in [3.05, 3.63) is 60.6 Å². The van der Waals surface area contributed by atoms with Crippen LogP contribution in [0, 0.1) is 0 Å². The Bertz CT molecular complexity index is 693. The van der Waals surface area contributed by atoms with E-state index in [1.54, 1.807) is 25.7 Å². The largest absolute Gasteiger partial charge is 0.497 e. The van der Waals surface area contributed by atoms with E-state index in [0.29, 0.717) is 12.6 Å². The zero-order chi connectivity index (χ0) is 14.5. The lowest BCUT2D eigenvalue weighted by Crippen LogP contribution is -1.99. The van der Waals surface area contributed by atoms with Gasteiger partial charge in [0, 0.05) is 24.5 Å². The average molecular weight is 281 g/mol. The quantitative estimate of drug-likeness (QED) is 0.777. The van der Waals surface area contributed by atoms with Crippen LogP contribution in [0.4, 0.5) is 6.01 Å². The lowest BCUT2D eigenvalue weighted by atomic mass is 10.2. The van der Waals surface area contributed by atoms with Crippen LogP contribution in [0.3, 0.4) is 0 Å². The molecule has 21 heavy (non-hydrogen) atoms. The van der Waals surface area contributed by atoms with Gasteiger partial charge in [0.2, 0.25) is 0 Å². The van der Waals surface area contributed by atoms with Crippen LogP contribution < -0.4 is 10.1 Å². The Morgan fingerprint density at radius 3 is 2.57 bits per heavy atom. The summed E-state index contributed by atoms with van der Waals surface area (Å²) in [5.74, 6) is 1.56. The average Bonchev–Trinajstić information content (AvgIpc) is 3.03. The van der Waals surface area contributed by atoms with Gasteiger partial charge in [-0.15, -0.1) is 0 Å². The topological polar surface area (TPSA) is 60.2 Å². The highest BCUT2D eigenvalue weighted by Gasteiger charge is 2.05. The van der Waals surface area contributed by atoms with E-state index in [1.165, 1.54) is 0 Å². The number of rotatable bonds is 5. The Morgan fingerprint density at radius 2 is 1.86 bits per heavy atom. The molecule has 0 spiro atoms. The molecule has 0 bridgehead atoms. The number of methoxy groups -OCH3 is 1. The third-order valence-electron chi connectivity index (χ3n) is 3.07. The second-order valence-corrected chi connectivity index (χ2v) is 4.47. The van der Waals surface area contributed by atoms with Crippen molar-refractivity contribution in [2.45, 2.75) is 6.54 Å². The van der Waals surface area contributed by atoms with Crippen molar-refractivity contribution in [3.63, 3.8) is 0 Å². The molecule has 0 saturated carbocycles. The highest BCUT2D eigenvalue weighted by molar-refractivity contribution is 5.56. The molecule has 2 aromatic heterocycles. The minimum atomic E-state index is 0.498. The van der Waals surface area contributed by atoms with Crippen molar-refractivity contribution in [1.29, 1.82) is 0 Å². The molecule has 0 radical (unpaired) electrons. The first-order valence-corrected chi connectivity index (χ1v) is 6.58. The summed E-state index contributed by atoms with van der Waals surface area (Å²) in [4.78, 5) is 8.20. The predicted molar refractivity (Wildman–Crippen MR) is 80.1 cm³/mol. The number of hydrogen-bond donors (Lipinski definition) is 1. The van der Waals surface area contributed by atoms with Gasteiger partial charge in [0.25, 0.3) is 6.01 Å². The minimum Gasteiger partial charge on any atom is -0.497 e. The first kappa shape index (κ1) is 13.2.